The number of alkyl carbamates (subject to hydrolysis) is 1. The topological polar surface area (TPSA) is 94.2 Å². The molecule has 0 aromatic heterocycles. The zero-order chi connectivity index (χ0) is 36.4. The molecule has 8 nitrogen and oxygen atoms in total. The number of methoxy groups -OCH3 is 1. The monoisotopic (exact) mass is 690 g/mol. The van der Waals surface area contributed by atoms with Gasteiger partial charge in [0.15, 0.2) is 0 Å². The maximum absolute atomic E-state index is 13.3. The summed E-state index contributed by atoms with van der Waals surface area (Å²) in [7, 11) is 1.28. The summed E-state index contributed by atoms with van der Waals surface area (Å²) in [5, 5.41) is 2.70. The second-order valence-corrected chi connectivity index (χ2v) is 14.1. The molecule has 51 heavy (non-hydrogen) atoms. The molecule has 0 aliphatic heterocycles. The Morgan fingerprint density at radius 3 is 1.90 bits per heavy atom. The molecule has 1 aliphatic carbocycles. The first kappa shape index (κ1) is 37.2. The highest BCUT2D eigenvalue weighted by Gasteiger charge is 2.30. The number of nitrogens with zero attached hydrogens (tertiary/aromatic N) is 1. The number of hydrogen-bond acceptors (Lipinski definition) is 6. The highest BCUT2D eigenvalue weighted by atomic mass is 16.6. The van der Waals surface area contributed by atoms with Crippen LogP contribution in [0, 0.1) is 0 Å². The average Bonchev–Trinajstić information content (AvgIpc) is 3.45. The zero-order valence-electron chi connectivity index (χ0n) is 30.4. The van der Waals surface area contributed by atoms with Crippen molar-refractivity contribution in [3.05, 3.63) is 119 Å². The van der Waals surface area contributed by atoms with E-state index < -0.39 is 29.8 Å². The van der Waals surface area contributed by atoms with E-state index in [9.17, 15) is 14.4 Å². The van der Waals surface area contributed by atoms with Gasteiger partial charge in [-0.05, 0) is 91.0 Å². The number of fused-ring (bicyclic) bond motifs is 3. The molecule has 0 radical (unpaired) electrons. The third-order valence-electron chi connectivity index (χ3n) is 9.13. The van der Waals surface area contributed by atoms with Gasteiger partial charge in [0.1, 0.15) is 18.2 Å². The lowest BCUT2D eigenvalue weighted by molar-refractivity contribution is -0.143. The molecule has 1 N–H and O–H groups in total. The number of esters is 1. The van der Waals surface area contributed by atoms with Crippen molar-refractivity contribution in [1.29, 1.82) is 0 Å². The van der Waals surface area contributed by atoms with E-state index in [2.05, 4.69) is 72.9 Å². The number of unbranched alkanes of at least 4 members (excludes halogenated alkanes) is 1. The van der Waals surface area contributed by atoms with E-state index in [-0.39, 0.29) is 18.9 Å². The number of carbonyl (C=O) groups is 3. The van der Waals surface area contributed by atoms with Crippen LogP contribution in [0.5, 0.6) is 0 Å². The predicted molar refractivity (Wildman–Crippen MR) is 200 cm³/mol. The van der Waals surface area contributed by atoms with E-state index in [1.54, 1.807) is 4.90 Å². The summed E-state index contributed by atoms with van der Waals surface area (Å²) < 4.78 is 16.4. The number of ether oxygens (including phenoxy) is 3. The van der Waals surface area contributed by atoms with E-state index in [0.717, 1.165) is 45.4 Å². The Morgan fingerprint density at radius 2 is 1.35 bits per heavy atom. The molecule has 0 heterocycles. The van der Waals surface area contributed by atoms with Crippen molar-refractivity contribution in [2.24, 2.45) is 0 Å². The van der Waals surface area contributed by atoms with Crippen LogP contribution in [0.15, 0.2) is 97.1 Å². The first-order valence-corrected chi connectivity index (χ1v) is 17.9. The lowest BCUT2D eigenvalue weighted by Crippen LogP contribution is -2.43. The Hall–Kier alpha value is -5.11. The van der Waals surface area contributed by atoms with Gasteiger partial charge in [0.05, 0.1) is 7.11 Å². The summed E-state index contributed by atoms with van der Waals surface area (Å²) in [6.45, 7) is 8.45. The van der Waals surface area contributed by atoms with E-state index in [1.807, 2.05) is 57.2 Å². The summed E-state index contributed by atoms with van der Waals surface area (Å²) in [5.41, 5.74) is 8.32. The highest BCUT2D eigenvalue weighted by Crippen LogP contribution is 2.44. The van der Waals surface area contributed by atoms with Gasteiger partial charge in [-0.1, -0.05) is 110 Å². The second-order valence-electron chi connectivity index (χ2n) is 14.1. The van der Waals surface area contributed by atoms with Crippen molar-refractivity contribution < 1.29 is 28.6 Å². The Bertz CT molecular complexity index is 1730. The molecule has 0 bridgehead atoms. The van der Waals surface area contributed by atoms with Crippen LogP contribution in [0.4, 0.5) is 9.59 Å². The number of nitrogens with one attached hydrogen (secondary N) is 1. The van der Waals surface area contributed by atoms with Gasteiger partial charge in [0.2, 0.25) is 0 Å². The molecule has 0 fully saturated rings. The smallest absolute Gasteiger partial charge is 0.410 e. The number of carbonyl (C=O) groups excluding carboxylic acids is 3. The van der Waals surface area contributed by atoms with Gasteiger partial charge in [-0.3, -0.25) is 0 Å². The largest absolute Gasteiger partial charge is 0.467 e. The van der Waals surface area contributed by atoms with Gasteiger partial charge in [-0.2, -0.15) is 0 Å². The standard InChI is InChI=1S/C43H50N2O6/c1-6-7-13-30-19-23-32(24-20-30)33-25-21-31(22-26-33)28-45(42(48)51-43(2,3)4)27-12-18-39(40(46)49-5)44-41(47)50-29-38-36-16-10-8-14-34(36)35-15-9-11-17-37(35)38/h8-11,14-17,19-26,38-39H,6-7,12-13,18,27-29H2,1-5H3,(H,44,47)/t39-/m0/s1. The first-order chi connectivity index (χ1) is 24.6. The van der Waals surface area contributed by atoms with Gasteiger partial charge < -0.3 is 24.4 Å². The van der Waals surface area contributed by atoms with Gasteiger partial charge in [-0.15, -0.1) is 0 Å². The van der Waals surface area contributed by atoms with Crippen molar-refractivity contribution in [2.45, 2.75) is 83.9 Å². The van der Waals surface area contributed by atoms with Gasteiger partial charge in [-0.25, -0.2) is 14.4 Å². The summed E-state index contributed by atoms with van der Waals surface area (Å²) >= 11 is 0. The molecule has 0 saturated carbocycles. The lowest BCUT2D eigenvalue weighted by atomic mass is 9.98. The average molecular weight is 691 g/mol. The molecule has 4 aromatic rings. The SMILES string of the molecule is CCCCc1ccc(-c2ccc(CN(CCC[C@H](NC(=O)OCC3c4ccccc4-c4ccccc43)C(=O)OC)C(=O)OC(C)(C)C)cc2)cc1. The molecule has 5 rings (SSSR count). The molecule has 268 valence electrons. The van der Waals surface area contributed by atoms with Crippen molar-refractivity contribution in [3.8, 4) is 22.3 Å². The molecule has 1 atom stereocenters. The van der Waals surface area contributed by atoms with E-state index >= 15 is 0 Å². The van der Waals surface area contributed by atoms with Gasteiger partial charge >= 0.3 is 18.2 Å². The minimum absolute atomic E-state index is 0.104. The summed E-state index contributed by atoms with van der Waals surface area (Å²) in [4.78, 5) is 40.7. The molecular weight excluding hydrogens is 640 g/mol. The van der Waals surface area contributed by atoms with Crippen molar-refractivity contribution in [1.82, 2.24) is 10.2 Å². The molecule has 2 amide bonds. The minimum atomic E-state index is -0.946. The fraction of sp³-hybridized carbons (Fsp3) is 0.372. The Balaban J connectivity index is 1.19. The molecule has 4 aromatic carbocycles. The van der Waals surface area contributed by atoms with Crippen molar-refractivity contribution in [3.63, 3.8) is 0 Å². The van der Waals surface area contributed by atoms with Crippen LogP contribution < -0.4 is 5.32 Å². The maximum Gasteiger partial charge on any atom is 0.410 e. The normalized spacial score (nSPS) is 12.7. The Kier molecular flexibility index (Phi) is 12.5. The van der Waals surface area contributed by atoms with Crippen molar-refractivity contribution in [2.75, 3.05) is 20.3 Å². The number of hydrogen-bond donors (Lipinski definition) is 1. The maximum atomic E-state index is 13.3. The summed E-state index contributed by atoms with van der Waals surface area (Å²) in [5.74, 6) is -0.686. The summed E-state index contributed by atoms with van der Waals surface area (Å²) in [6.07, 6.45) is 2.94. The fourth-order valence-electron chi connectivity index (χ4n) is 6.49. The first-order valence-electron chi connectivity index (χ1n) is 17.9. The van der Waals surface area contributed by atoms with Crippen LogP contribution in [-0.2, 0) is 32.0 Å². The van der Waals surface area contributed by atoms with Gasteiger partial charge in [0.25, 0.3) is 0 Å². The molecular formula is C43H50N2O6. The Labute approximate surface area is 302 Å². The fourth-order valence-corrected chi connectivity index (χ4v) is 6.49. The molecule has 0 saturated heterocycles. The quantitative estimate of drug-likeness (QED) is 0.105. The molecule has 1 aliphatic rings. The third-order valence-corrected chi connectivity index (χ3v) is 9.13. The predicted octanol–water partition coefficient (Wildman–Crippen LogP) is 9.29. The number of amides is 2. The molecule has 0 unspecified atom stereocenters. The lowest BCUT2D eigenvalue weighted by Gasteiger charge is -2.28. The molecule has 8 heteroatoms. The second kappa shape index (κ2) is 17.2. The van der Waals surface area contributed by atoms with Gasteiger partial charge in [0, 0.05) is 19.0 Å². The van der Waals surface area contributed by atoms with Crippen LogP contribution in [0.3, 0.4) is 0 Å². The van der Waals surface area contributed by atoms with Crippen LogP contribution in [0.1, 0.15) is 81.5 Å². The minimum Gasteiger partial charge on any atom is -0.467 e. The highest BCUT2D eigenvalue weighted by molar-refractivity contribution is 5.82. The number of rotatable bonds is 14. The van der Waals surface area contributed by atoms with Crippen LogP contribution in [0.2, 0.25) is 0 Å². The Morgan fingerprint density at radius 1 is 0.784 bits per heavy atom. The summed E-state index contributed by atoms with van der Waals surface area (Å²) in [6, 6.07) is 32.1. The van der Waals surface area contributed by atoms with E-state index in [1.165, 1.54) is 25.5 Å². The third kappa shape index (κ3) is 10.00. The van der Waals surface area contributed by atoms with E-state index in [4.69, 9.17) is 14.2 Å². The van der Waals surface area contributed by atoms with Crippen molar-refractivity contribution >= 4 is 18.2 Å². The van der Waals surface area contributed by atoms with Crippen LogP contribution in [-0.4, -0.2) is 55.0 Å². The van der Waals surface area contributed by atoms with Crippen LogP contribution in [0.25, 0.3) is 22.3 Å². The van der Waals surface area contributed by atoms with Crippen LogP contribution >= 0.6 is 0 Å². The van der Waals surface area contributed by atoms with E-state index in [0.29, 0.717) is 19.5 Å². The number of aryl methyl sites for hydroxylation is 1. The zero-order valence-corrected chi connectivity index (χ0v) is 30.4. The number of benzene rings is 4. The molecule has 0 spiro atoms.